The van der Waals surface area contributed by atoms with Gasteiger partial charge in [0, 0.05) is 11.7 Å². The Labute approximate surface area is 107 Å². The average molecular weight is 245 g/mol. The van der Waals surface area contributed by atoms with Crippen LogP contribution >= 0.6 is 0 Å². The van der Waals surface area contributed by atoms with Crippen molar-refractivity contribution in [1.82, 2.24) is 4.57 Å². The Bertz CT molecular complexity index is 569. The second kappa shape index (κ2) is 4.84. The SMILES string of the molecule is CCC(C(=O)O)n1ccc2cc(C(C)C)ccc21. The summed E-state index contributed by atoms with van der Waals surface area (Å²) in [6.07, 6.45) is 2.46. The molecule has 0 radical (unpaired) electrons. The zero-order valence-electron chi connectivity index (χ0n) is 11.1. The van der Waals surface area contributed by atoms with Gasteiger partial charge in [0.2, 0.25) is 0 Å². The van der Waals surface area contributed by atoms with Gasteiger partial charge in [-0.1, -0.05) is 26.8 Å². The topological polar surface area (TPSA) is 42.2 Å². The minimum atomic E-state index is -0.775. The lowest BCUT2D eigenvalue weighted by Gasteiger charge is -2.14. The van der Waals surface area contributed by atoms with E-state index in [1.54, 1.807) is 0 Å². The second-order valence-electron chi connectivity index (χ2n) is 4.96. The van der Waals surface area contributed by atoms with Gasteiger partial charge in [-0.25, -0.2) is 4.79 Å². The fraction of sp³-hybridized carbons (Fsp3) is 0.400. The molecular weight excluding hydrogens is 226 g/mol. The van der Waals surface area contributed by atoms with Gasteiger partial charge >= 0.3 is 5.97 Å². The molecule has 18 heavy (non-hydrogen) atoms. The summed E-state index contributed by atoms with van der Waals surface area (Å²) in [5.41, 5.74) is 2.28. The number of hydrogen-bond donors (Lipinski definition) is 1. The van der Waals surface area contributed by atoms with Crippen LogP contribution in [0.4, 0.5) is 0 Å². The molecule has 2 aromatic rings. The molecule has 96 valence electrons. The molecule has 0 saturated heterocycles. The average Bonchev–Trinajstić information content (AvgIpc) is 2.73. The molecule has 1 aromatic carbocycles. The highest BCUT2D eigenvalue weighted by Crippen LogP contribution is 2.25. The quantitative estimate of drug-likeness (QED) is 0.890. The van der Waals surface area contributed by atoms with E-state index in [4.69, 9.17) is 0 Å². The summed E-state index contributed by atoms with van der Waals surface area (Å²) in [5, 5.41) is 10.3. The Kier molecular flexibility index (Phi) is 3.41. The smallest absolute Gasteiger partial charge is 0.326 e. The van der Waals surface area contributed by atoms with E-state index in [9.17, 15) is 9.90 Å². The monoisotopic (exact) mass is 245 g/mol. The lowest BCUT2D eigenvalue weighted by atomic mass is 10.0. The van der Waals surface area contributed by atoms with Crippen molar-refractivity contribution in [2.45, 2.75) is 39.2 Å². The maximum absolute atomic E-state index is 11.2. The molecule has 1 atom stereocenters. The van der Waals surface area contributed by atoms with Crippen LogP contribution in [0.25, 0.3) is 10.9 Å². The third-order valence-corrected chi connectivity index (χ3v) is 3.42. The molecule has 1 aromatic heterocycles. The maximum Gasteiger partial charge on any atom is 0.326 e. The van der Waals surface area contributed by atoms with Crippen LogP contribution in [0.3, 0.4) is 0 Å². The number of aromatic nitrogens is 1. The number of hydrogen-bond acceptors (Lipinski definition) is 1. The van der Waals surface area contributed by atoms with Crippen LogP contribution in [-0.2, 0) is 4.79 Å². The van der Waals surface area contributed by atoms with Crippen LogP contribution in [0.5, 0.6) is 0 Å². The molecule has 0 aliphatic rings. The molecule has 3 heteroatoms. The Balaban J connectivity index is 2.52. The van der Waals surface area contributed by atoms with E-state index in [1.807, 2.05) is 29.8 Å². The normalized spacial score (nSPS) is 13.1. The third-order valence-electron chi connectivity index (χ3n) is 3.42. The molecule has 1 heterocycles. The standard InChI is InChI=1S/C15H19NO2/c1-4-13(15(17)18)16-8-7-12-9-11(10(2)3)5-6-14(12)16/h5-10,13H,4H2,1-3H3,(H,17,18). The van der Waals surface area contributed by atoms with Gasteiger partial charge in [0.25, 0.3) is 0 Å². The highest BCUT2D eigenvalue weighted by Gasteiger charge is 2.18. The summed E-state index contributed by atoms with van der Waals surface area (Å²) in [4.78, 5) is 11.2. The van der Waals surface area contributed by atoms with Crippen molar-refractivity contribution >= 4 is 16.9 Å². The largest absolute Gasteiger partial charge is 0.480 e. The van der Waals surface area contributed by atoms with Gasteiger partial charge in [0.05, 0.1) is 0 Å². The highest BCUT2D eigenvalue weighted by atomic mass is 16.4. The number of carboxylic acid groups (broad SMARTS) is 1. The zero-order chi connectivity index (χ0) is 13.3. The summed E-state index contributed by atoms with van der Waals surface area (Å²) in [6.45, 7) is 6.21. The van der Waals surface area contributed by atoms with Crippen LogP contribution in [0.2, 0.25) is 0 Å². The molecule has 0 amide bonds. The molecule has 0 spiro atoms. The van der Waals surface area contributed by atoms with Gasteiger partial charge in [0.1, 0.15) is 6.04 Å². The molecule has 0 saturated carbocycles. The van der Waals surface area contributed by atoms with Crippen molar-refractivity contribution in [3.63, 3.8) is 0 Å². The maximum atomic E-state index is 11.2. The van der Waals surface area contributed by atoms with Crippen molar-refractivity contribution in [3.05, 3.63) is 36.0 Å². The zero-order valence-corrected chi connectivity index (χ0v) is 11.1. The third kappa shape index (κ3) is 2.13. The summed E-state index contributed by atoms with van der Waals surface area (Å²) in [6, 6.07) is 7.76. The minimum Gasteiger partial charge on any atom is -0.480 e. The number of fused-ring (bicyclic) bond motifs is 1. The predicted molar refractivity (Wildman–Crippen MR) is 73.0 cm³/mol. The lowest BCUT2D eigenvalue weighted by molar-refractivity contribution is -0.140. The molecule has 0 bridgehead atoms. The van der Waals surface area contributed by atoms with Gasteiger partial charge in [0.15, 0.2) is 0 Å². The molecular formula is C15H19NO2. The Hall–Kier alpha value is -1.77. The predicted octanol–water partition coefficient (Wildman–Crippen LogP) is 3.80. The van der Waals surface area contributed by atoms with Crippen molar-refractivity contribution < 1.29 is 9.90 Å². The van der Waals surface area contributed by atoms with E-state index in [0.717, 1.165) is 10.9 Å². The molecule has 0 fully saturated rings. The van der Waals surface area contributed by atoms with E-state index in [-0.39, 0.29) is 0 Å². The lowest BCUT2D eigenvalue weighted by Crippen LogP contribution is -2.17. The van der Waals surface area contributed by atoms with Crippen molar-refractivity contribution in [2.75, 3.05) is 0 Å². The molecule has 0 aliphatic carbocycles. The van der Waals surface area contributed by atoms with Crippen LogP contribution in [0, 0.1) is 0 Å². The second-order valence-corrected chi connectivity index (χ2v) is 4.96. The summed E-state index contributed by atoms with van der Waals surface area (Å²) >= 11 is 0. The highest BCUT2D eigenvalue weighted by molar-refractivity contribution is 5.83. The molecule has 1 unspecified atom stereocenters. The van der Waals surface area contributed by atoms with E-state index in [2.05, 4.69) is 26.0 Å². The van der Waals surface area contributed by atoms with Crippen LogP contribution in [0.15, 0.2) is 30.5 Å². The Morgan fingerprint density at radius 2 is 2.06 bits per heavy atom. The fourth-order valence-corrected chi connectivity index (χ4v) is 2.30. The first-order valence-corrected chi connectivity index (χ1v) is 6.38. The first kappa shape index (κ1) is 12.7. The van der Waals surface area contributed by atoms with E-state index in [1.165, 1.54) is 5.56 Å². The van der Waals surface area contributed by atoms with Crippen molar-refractivity contribution in [3.8, 4) is 0 Å². The first-order chi connectivity index (χ1) is 8.54. The number of carboxylic acids is 1. The Morgan fingerprint density at radius 3 is 2.61 bits per heavy atom. The van der Waals surface area contributed by atoms with Crippen LogP contribution in [0.1, 0.15) is 44.7 Å². The van der Waals surface area contributed by atoms with Crippen molar-refractivity contribution in [1.29, 1.82) is 0 Å². The fourth-order valence-electron chi connectivity index (χ4n) is 2.30. The van der Waals surface area contributed by atoms with Gasteiger partial charge in [-0.3, -0.25) is 0 Å². The van der Waals surface area contributed by atoms with Gasteiger partial charge in [-0.2, -0.15) is 0 Å². The van der Waals surface area contributed by atoms with E-state index in [0.29, 0.717) is 12.3 Å². The first-order valence-electron chi connectivity index (χ1n) is 6.38. The van der Waals surface area contributed by atoms with Crippen LogP contribution in [-0.4, -0.2) is 15.6 Å². The number of benzene rings is 1. The Morgan fingerprint density at radius 1 is 1.33 bits per heavy atom. The minimum absolute atomic E-state index is 0.479. The van der Waals surface area contributed by atoms with E-state index >= 15 is 0 Å². The number of aliphatic carboxylic acids is 1. The van der Waals surface area contributed by atoms with Gasteiger partial charge in [-0.15, -0.1) is 0 Å². The molecule has 3 nitrogen and oxygen atoms in total. The summed E-state index contributed by atoms with van der Waals surface area (Å²) in [7, 11) is 0. The number of rotatable bonds is 4. The number of nitrogens with zero attached hydrogens (tertiary/aromatic N) is 1. The number of carbonyl (C=O) groups is 1. The van der Waals surface area contributed by atoms with Crippen molar-refractivity contribution in [2.24, 2.45) is 0 Å². The summed E-state index contributed by atoms with van der Waals surface area (Å²) < 4.78 is 1.85. The molecule has 2 rings (SSSR count). The van der Waals surface area contributed by atoms with E-state index < -0.39 is 12.0 Å². The van der Waals surface area contributed by atoms with Gasteiger partial charge < -0.3 is 9.67 Å². The molecule has 1 N–H and O–H groups in total. The molecule has 0 aliphatic heterocycles. The summed E-state index contributed by atoms with van der Waals surface area (Å²) in [5.74, 6) is -0.290. The van der Waals surface area contributed by atoms with Crippen LogP contribution < -0.4 is 0 Å². The van der Waals surface area contributed by atoms with Gasteiger partial charge in [-0.05, 0) is 41.5 Å².